The Hall–Kier alpha value is -0.500. The molecular weight excluding hydrogens is 912 g/mol. The van der Waals surface area contributed by atoms with Crippen LogP contribution in [0.2, 0.25) is 0 Å². The van der Waals surface area contributed by atoms with Crippen molar-refractivity contribution < 1.29 is 32.9 Å². The summed E-state index contributed by atoms with van der Waals surface area (Å²) < 4.78 is 23.9. The van der Waals surface area contributed by atoms with Gasteiger partial charge >= 0.3 is 7.82 Å². The third-order valence-corrected chi connectivity index (χ3v) is 16.3. The average molecular weight is 1040 g/mol. The fourth-order valence-electron chi connectivity index (χ4n) is 10.3. The molecule has 0 radical (unpaired) electrons. The van der Waals surface area contributed by atoms with E-state index in [2.05, 4.69) is 19.2 Å². The second kappa shape index (κ2) is 55.3. The fourth-order valence-corrected chi connectivity index (χ4v) is 11.0. The molecule has 432 valence electrons. The van der Waals surface area contributed by atoms with Crippen molar-refractivity contribution in [2.45, 2.75) is 360 Å². The van der Waals surface area contributed by atoms with Gasteiger partial charge in [-0.15, -0.1) is 0 Å². The van der Waals surface area contributed by atoms with Crippen molar-refractivity contribution in [2.24, 2.45) is 0 Å². The first-order chi connectivity index (χ1) is 35.0. The minimum atomic E-state index is -4.32. The van der Waals surface area contributed by atoms with Crippen LogP contribution in [0.25, 0.3) is 0 Å². The lowest BCUT2D eigenvalue weighted by atomic mass is 10.0. The number of aliphatic hydroxyl groups excluding tert-OH is 1. The normalized spacial score (nSPS) is 13.7. The molecule has 72 heavy (non-hydrogen) atoms. The molecule has 0 saturated heterocycles. The van der Waals surface area contributed by atoms with Gasteiger partial charge in [-0.1, -0.05) is 328 Å². The van der Waals surface area contributed by atoms with Crippen LogP contribution in [0.15, 0.2) is 0 Å². The third-order valence-electron chi connectivity index (χ3n) is 15.4. The van der Waals surface area contributed by atoms with E-state index in [-0.39, 0.29) is 19.1 Å². The maximum atomic E-state index is 13.0. The van der Waals surface area contributed by atoms with Gasteiger partial charge in [0.05, 0.1) is 39.9 Å². The van der Waals surface area contributed by atoms with E-state index in [4.69, 9.17) is 9.05 Å². The van der Waals surface area contributed by atoms with Crippen LogP contribution in [0.5, 0.6) is 0 Å². The van der Waals surface area contributed by atoms with Crippen LogP contribution in [-0.2, 0) is 18.4 Å². The number of carbonyl (C=O) groups excluding carboxylic acids is 1. The highest BCUT2D eigenvalue weighted by Crippen LogP contribution is 2.43. The number of hydrogen-bond acceptors (Lipinski definition) is 5. The highest BCUT2D eigenvalue weighted by atomic mass is 31.2. The lowest BCUT2D eigenvalue weighted by Gasteiger charge is -2.26. The molecule has 0 saturated carbocycles. The van der Waals surface area contributed by atoms with Crippen LogP contribution in [0, 0.1) is 0 Å². The predicted octanol–water partition coefficient (Wildman–Crippen LogP) is 20.0. The topological polar surface area (TPSA) is 105 Å². The van der Waals surface area contributed by atoms with E-state index in [0.717, 1.165) is 38.5 Å². The zero-order valence-corrected chi connectivity index (χ0v) is 50.4. The number of amides is 1. The number of rotatable bonds is 61. The van der Waals surface area contributed by atoms with Gasteiger partial charge in [0.15, 0.2) is 0 Å². The molecule has 0 aromatic rings. The highest BCUT2D eigenvalue weighted by Gasteiger charge is 2.28. The van der Waals surface area contributed by atoms with E-state index in [1.165, 1.54) is 283 Å². The molecule has 3 atom stereocenters. The van der Waals surface area contributed by atoms with Crippen molar-refractivity contribution in [1.29, 1.82) is 0 Å². The fraction of sp³-hybridized carbons (Fsp3) is 0.984. The smallest absolute Gasteiger partial charge is 0.391 e. The van der Waals surface area contributed by atoms with Crippen LogP contribution in [0.4, 0.5) is 0 Å². The van der Waals surface area contributed by atoms with Gasteiger partial charge in [0, 0.05) is 6.42 Å². The zero-order chi connectivity index (χ0) is 52.7. The largest absolute Gasteiger partial charge is 0.472 e. The number of likely N-dealkylation sites (N-methyl/N-ethyl adjacent to an activating group) is 1. The number of nitrogens with zero attached hydrogens (tertiary/aromatic N) is 1. The summed E-state index contributed by atoms with van der Waals surface area (Å²) in [5.41, 5.74) is 0. The maximum Gasteiger partial charge on any atom is 0.472 e. The van der Waals surface area contributed by atoms with Crippen molar-refractivity contribution in [2.75, 3.05) is 40.9 Å². The molecule has 0 aliphatic heterocycles. The van der Waals surface area contributed by atoms with Crippen molar-refractivity contribution in [3.63, 3.8) is 0 Å². The second-order valence-electron chi connectivity index (χ2n) is 23.9. The summed E-state index contributed by atoms with van der Waals surface area (Å²) in [5, 5.41) is 14.1. The molecule has 0 aromatic carbocycles. The Morgan fingerprint density at radius 2 is 0.667 bits per heavy atom. The molecule has 8 nitrogen and oxygen atoms in total. The van der Waals surface area contributed by atoms with Gasteiger partial charge in [0.2, 0.25) is 5.91 Å². The number of aliphatic hydroxyl groups is 1. The van der Waals surface area contributed by atoms with Crippen LogP contribution >= 0.6 is 7.82 Å². The number of quaternary nitrogens is 1. The average Bonchev–Trinajstić information content (AvgIpc) is 3.34. The van der Waals surface area contributed by atoms with Crippen LogP contribution in [0.3, 0.4) is 0 Å². The summed E-state index contributed by atoms with van der Waals surface area (Å²) in [6.45, 7) is 4.96. The lowest BCUT2D eigenvalue weighted by Crippen LogP contribution is -2.46. The summed E-state index contributed by atoms with van der Waals surface area (Å²) >= 11 is 0. The Labute approximate surface area is 450 Å². The number of phosphoric ester groups is 1. The van der Waals surface area contributed by atoms with Crippen molar-refractivity contribution in [3.05, 3.63) is 0 Å². The van der Waals surface area contributed by atoms with E-state index >= 15 is 0 Å². The lowest BCUT2D eigenvalue weighted by molar-refractivity contribution is -0.870. The van der Waals surface area contributed by atoms with E-state index in [1.54, 1.807) is 0 Å². The number of unbranched alkanes of at least 4 members (excludes halogenated alkanes) is 48. The molecule has 0 aliphatic rings. The molecule has 3 N–H and O–H groups in total. The number of phosphoric acid groups is 1. The van der Waals surface area contributed by atoms with E-state index < -0.39 is 20.0 Å². The molecule has 0 rings (SSSR count). The Morgan fingerprint density at radius 3 is 0.931 bits per heavy atom. The molecule has 0 fully saturated rings. The number of nitrogens with one attached hydrogen (secondary N) is 1. The Morgan fingerprint density at radius 1 is 0.417 bits per heavy atom. The van der Waals surface area contributed by atoms with E-state index in [0.29, 0.717) is 23.9 Å². The van der Waals surface area contributed by atoms with Crippen LogP contribution < -0.4 is 5.32 Å². The van der Waals surface area contributed by atoms with E-state index in [1.807, 2.05) is 21.1 Å². The van der Waals surface area contributed by atoms with Crippen molar-refractivity contribution in [3.8, 4) is 0 Å². The first kappa shape index (κ1) is 71.5. The molecule has 0 aromatic heterocycles. The summed E-state index contributed by atoms with van der Waals surface area (Å²) in [6.07, 6.45) is 67.5. The van der Waals surface area contributed by atoms with Gasteiger partial charge in [-0.25, -0.2) is 4.57 Å². The quantitative estimate of drug-likeness (QED) is 0.0318. The predicted molar refractivity (Wildman–Crippen MR) is 314 cm³/mol. The summed E-state index contributed by atoms with van der Waals surface area (Å²) in [6, 6.07) is -0.756. The zero-order valence-electron chi connectivity index (χ0n) is 49.5. The van der Waals surface area contributed by atoms with Gasteiger partial charge in [-0.3, -0.25) is 13.8 Å². The third kappa shape index (κ3) is 57.2. The standard InChI is InChI=1S/C63H129N2O6P/c1-6-8-10-12-14-16-18-20-22-24-26-28-30-32-34-36-38-40-42-44-46-48-50-52-54-56-62(66)61(60-71-72(68,69)70-59-58-65(3,4)5)64-63(67)57-55-53-51-49-47-45-43-41-39-37-35-33-31-29-27-25-23-21-19-17-15-13-11-9-7-2/h61-62,66H,6-60H2,1-5H3,(H-,64,67,68,69)/p+1. The van der Waals surface area contributed by atoms with Crippen molar-refractivity contribution in [1.82, 2.24) is 5.32 Å². The molecule has 0 aliphatic carbocycles. The molecule has 0 bridgehead atoms. The van der Waals surface area contributed by atoms with Gasteiger partial charge in [0.1, 0.15) is 13.2 Å². The SMILES string of the molecule is CCCCCCCCCCCCCCCCCCCCCCCCCCCC(=O)NC(COP(=O)(O)OCC[N+](C)(C)C)C(O)CCCCCCCCCCCCCCCCCCCCCCCCCCC. The van der Waals surface area contributed by atoms with Gasteiger partial charge in [0.25, 0.3) is 0 Å². The first-order valence-electron chi connectivity index (χ1n) is 32.4. The van der Waals surface area contributed by atoms with Gasteiger partial charge in [-0.05, 0) is 12.8 Å². The molecular formula is C63H130N2O6P+. The molecule has 9 heteroatoms. The Balaban J connectivity index is 4.05. The minimum Gasteiger partial charge on any atom is -0.391 e. The van der Waals surface area contributed by atoms with Gasteiger partial charge in [-0.2, -0.15) is 0 Å². The summed E-state index contributed by atoms with van der Waals surface area (Å²) in [4.78, 5) is 23.4. The maximum absolute atomic E-state index is 13.0. The number of hydrogen-bond donors (Lipinski definition) is 3. The summed E-state index contributed by atoms with van der Waals surface area (Å²) in [7, 11) is 1.64. The van der Waals surface area contributed by atoms with E-state index in [9.17, 15) is 19.4 Å². The molecule has 0 spiro atoms. The summed E-state index contributed by atoms with van der Waals surface area (Å²) in [5.74, 6) is -0.134. The molecule has 1 amide bonds. The highest BCUT2D eigenvalue weighted by molar-refractivity contribution is 7.47. The molecule has 3 unspecified atom stereocenters. The number of carbonyl (C=O) groups is 1. The molecule has 0 heterocycles. The second-order valence-corrected chi connectivity index (χ2v) is 25.3. The van der Waals surface area contributed by atoms with Gasteiger partial charge < -0.3 is 19.8 Å². The van der Waals surface area contributed by atoms with Crippen molar-refractivity contribution >= 4 is 13.7 Å². The monoisotopic (exact) mass is 1040 g/mol. The van der Waals surface area contributed by atoms with Crippen LogP contribution in [-0.4, -0.2) is 73.4 Å². The Kier molecular flexibility index (Phi) is 54.9. The minimum absolute atomic E-state index is 0.0794. The Bertz CT molecular complexity index is 1140. The first-order valence-corrected chi connectivity index (χ1v) is 33.9. The van der Waals surface area contributed by atoms with Crippen LogP contribution in [0.1, 0.15) is 348 Å².